The summed E-state index contributed by atoms with van der Waals surface area (Å²) in [4.78, 5) is 9.38. The van der Waals surface area contributed by atoms with Crippen molar-refractivity contribution in [3.05, 3.63) is 24.3 Å². The zero-order valence-corrected chi connectivity index (χ0v) is 32.9. The van der Waals surface area contributed by atoms with E-state index in [0.29, 0.717) is 42.8 Å². The quantitative estimate of drug-likeness (QED) is 0.230. The fourth-order valence-corrected chi connectivity index (χ4v) is 14.8. The largest absolute Gasteiger partial charge is 0.297 e. The average Bonchev–Trinajstić information content (AvgIpc) is 3.79. The molecule has 10 rings (SSSR count). The molecule has 3 heterocycles. The lowest BCUT2D eigenvalue weighted by molar-refractivity contribution is -0.143. The lowest BCUT2D eigenvalue weighted by Gasteiger charge is -2.61. The maximum Gasteiger partial charge on any atom is 0.0654 e. The molecule has 5 saturated carbocycles. The van der Waals surface area contributed by atoms with E-state index >= 15 is 0 Å². The second-order valence-electron chi connectivity index (χ2n) is 20.1. The summed E-state index contributed by atoms with van der Waals surface area (Å²) >= 11 is 0. The van der Waals surface area contributed by atoms with Crippen molar-refractivity contribution in [1.29, 1.82) is 0 Å². The van der Waals surface area contributed by atoms with Crippen molar-refractivity contribution >= 4 is 0 Å². The molecule has 13 atom stereocenters. The Kier molecular flexibility index (Phi) is 11.0. The molecule has 0 aromatic carbocycles. The van der Waals surface area contributed by atoms with Gasteiger partial charge in [0.05, 0.1) is 24.7 Å². The fraction of sp³-hybridized carbons (Fsp3) is 0.913. The van der Waals surface area contributed by atoms with E-state index in [1.165, 1.54) is 173 Å². The SMILES string of the molecule is C1=CC(N2C3CCCCC3NC2C2CCCC(C3NC(C4CCCCC4)N3C3CCCC(C4NC5CCC=CC5N4C4CCCCC4)C3)C2)CCC1. The third-order valence-corrected chi connectivity index (χ3v) is 17.2. The van der Waals surface area contributed by atoms with E-state index in [4.69, 9.17) is 0 Å². The van der Waals surface area contributed by atoms with Crippen LogP contribution in [-0.4, -0.2) is 81.7 Å². The van der Waals surface area contributed by atoms with E-state index in [0.717, 1.165) is 47.8 Å². The van der Waals surface area contributed by atoms with Gasteiger partial charge in [0.25, 0.3) is 0 Å². The molecule has 290 valence electrons. The van der Waals surface area contributed by atoms with E-state index in [1.807, 2.05) is 0 Å². The first-order valence-electron chi connectivity index (χ1n) is 23.7. The van der Waals surface area contributed by atoms with E-state index < -0.39 is 0 Å². The molecule has 0 spiro atoms. The Labute approximate surface area is 318 Å². The van der Waals surface area contributed by atoms with Crippen LogP contribution in [0.25, 0.3) is 0 Å². The van der Waals surface area contributed by atoms with Gasteiger partial charge in [-0.05, 0) is 133 Å². The van der Waals surface area contributed by atoms with Crippen LogP contribution in [0.1, 0.15) is 173 Å². The van der Waals surface area contributed by atoms with Crippen LogP contribution in [0.3, 0.4) is 0 Å². The number of hydrogen-bond acceptors (Lipinski definition) is 6. The van der Waals surface area contributed by atoms with Crippen LogP contribution in [0.5, 0.6) is 0 Å². The molecule has 3 N–H and O–H groups in total. The van der Waals surface area contributed by atoms with Gasteiger partial charge in [0.15, 0.2) is 0 Å². The van der Waals surface area contributed by atoms with Crippen LogP contribution in [0.2, 0.25) is 0 Å². The van der Waals surface area contributed by atoms with Gasteiger partial charge in [0.1, 0.15) is 0 Å². The second kappa shape index (κ2) is 16.0. The summed E-state index contributed by atoms with van der Waals surface area (Å²) in [5.41, 5.74) is 0. The van der Waals surface area contributed by atoms with E-state index in [1.54, 1.807) is 0 Å². The van der Waals surface area contributed by atoms with Crippen LogP contribution >= 0.6 is 0 Å². The zero-order chi connectivity index (χ0) is 34.4. The fourth-order valence-electron chi connectivity index (χ4n) is 14.8. The van der Waals surface area contributed by atoms with Gasteiger partial charge >= 0.3 is 0 Å². The van der Waals surface area contributed by atoms with Gasteiger partial charge in [-0.3, -0.25) is 30.7 Å². The van der Waals surface area contributed by atoms with Crippen LogP contribution in [0, 0.1) is 23.7 Å². The second-order valence-corrected chi connectivity index (χ2v) is 20.1. The number of rotatable bonds is 7. The van der Waals surface area contributed by atoms with Crippen LogP contribution in [0.4, 0.5) is 0 Å². The van der Waals surface area contributed by atoms with Gasteiger partial charge in [-0.15, -0.1) is 0 Å². The standard InChI is InChI=1S/C46H76N6/c1-4-16-32(17-5-1)43-49-46(34-19-14-18-33(30-34)44-47-39-26-10-12-28-41(39)50(44)36-21-6-2-7-22-36)52(43)38-25-15-20-35(31-38)45-48-40-27-11-13-29-42(40)51(45)37-23-8-3-9-24-37/h6,13,21,29,32-49H,1-5,7-12,14-20,22-28,30-31H2. The van der Waals surface area contributed by atoms with Gasteiger partial charge < -0.3 is 0 Å². The molecular formula is C46H76N6. The summed E-state index contributed by atoms with van der Waals surface area (Å²) in [6, 6.07) is 5.07. The van der Waals surface area contributed by atoms with Crippen molar-refractivity contribution in [2.45, 2.75) is 240 Å². The van der Waals surface area contributed by atoms with Crippen molar-refractivity contribution in [1.82, 2.24) is 30.7 Å². The molecule has 6 nitrogen and oxygen atoms in total. The molecule has 6 heteroatoms. The summed E-state index contributed by atoms with van der Waals surface area (Å²) in [6.45, 7) is 0. The first-order valence-corrected chi connectivity index (χ1v) is 23.7. The molecule has 0 bridgehead atoms. The average molecular weight is 713 g/mol. The van der Waals surface area contributed by atoms with Crippen LogP contribution < -0.4 is 16.0 Å². The van der Waals surface area contributed by atoms with E-state index in [9.17, 15) is 0 Å². The topological polar surface area (TPSA) is 45.8 Å². The van der Waals surface area contributed by atoms with Gasteiger partial charge in [0.2, 0.25) is 0 Å². The molecule has 10 aliphatic rings. The van der Waals surface area contributed by atoms with Crippen molar-refractivity contribution < 1.29 is 0 Å². The molecule has 0 amide bonds. The predicted octanol–water partition coefficient (Wildman–Crippen LogP) is 8.79. The normalized spacial score (nSPS) is 47.3. The van der Waals surface area contributed by atoms with Gasteiger partial charge in [-0.1, -0.05) is 88.5 Å². The third kappa shape index (κ3) is 6.86. The highest BCUT2D eigenvalue weighted by atomic mass is 15.5. The van der Waals surface area contributed by atoms with Crippen LogP contribution in [-0.2, 0) is 0 Å². The number of allylic oxidation sites excluding steroid dienone is 2. The summed E-state index contributed by atoms with van der Waals surface area (Å²) in [5.74, 6) is 3.28. The van der Waals surface area contributed by atoms with Gasteiger partial charge in [-0.25, -0.2) is 0 Å². The van der Waals surface area contributed by atoms with Crippen molar-refractivity contribution in [2.75, 3.05) is 0 Å². The predicted molar refractivity (Wildman–Crippen MR) is 213 cm³/mol. The molecule has 0 aromatic heterocycles. The highest BCUT2D eigenvalue weighted by Gasteiger charge is 2.54. The Bertz CT molecular complexity index is 1240. The maximum atomic E-state index is 4.43. The first-order chi connectivity index (χ1) is 25.8. The van der Waals surface area contributed by atoms with Crippen molar-refractivity contribution in [3.63, 3.8) is 0 Å². The number of hydrogen-bond donors (Lipinski definition) is 3. The molecule has 0 radical (unpaired) electrons. The van der Waals surface area contributed by atoms with E-state index in [-0.39, 0.29) is 0 Å². The minimum Gasteiger partial charge on any atom is -0.297 e. The smallest absolute Gasteiger partial charge is 0.0654 e. The van der Waals surface area contributed by atoms with Crippen molar-refractivity contribution in [2.24, 2.45) is 23.7 Å². The maximum absolute atomic E-state index is 4.43. The Balaban J connectivity index is 0.879. The Morgan fingerprint density at radius 3 is 1.81 bits per heavy atom. The summed E-state index contributed by atoms with van der Waals surface area (Å²) in [7, 11) is 0. The summed E-state index contributed by atoms with van der Waals surface area (Å²) in [5, 5.41) is 13.2. The van der Waals surface area contributed by atoms with E-state index in [2.05, 4.69) is 55.0 Å². The molecule has 52 heavy (non-hydrogen) atoms. The van der Waals surface area contributed by atoms with Gasteiger partial charge in [0, 0.05) is 42.3 Å². The Morgan fingerprint density at radius 2 is 1.00 bits per heavy atom. The minimum absolute atomic E-state index is 0.598. The minimum atomic E-state index is 0.598. The molecule has 7 aliphatic carbocycles. The molecular weight excluding hydrogens is 637 g/mol. The molecule has 3 aliphatic heterocycles. The summed E-state index contributed by atoms with van der Waals surface area (Å²) in [6.07, 6.45) is 51.1. The number of nitrogens with zero attached hydrogens (tertiary/aromatic N) is 3. The first kappa shape index (κ1) is 35.6. The van der Waals surface area contributed by atoms with Crippen molar-refractivity contribution in [3.8, 4) is 0 Å². The lowest BCUT2D eigenvalue weighted by Crippen LogP contribution is -2.77. The number of fused-ring (bicyclic) bond motifs is 2. The lowest BCUT2D eigenvalue weighted by atomic mass is 9.73. The number of nitrogens with one attached hydrogen (secondary N) is 3. The third-order valence-electron chi connectivity index (χ3n) is 17.2. The Morgan fingerprint density at radius 1 is 0.385 bits per heavy atom. The monoisotopic (exact) mass is 713 g/mol. The highest BCUT2D eigenvalue weighted by molar-refractivity contribution is 5.14. The molecule has 0 aromatic rings. The molecule has 3 saturated heterocycles. The summed E-state index contributed by atoms with van der Waals surface area (Å²) < 4.78 is 0. The van der Waals surface area contributed by atoms with Crippen LogP contribution in [0.15, 0.2) is 24.3 Å². The molecule has 8 fully saturated rings. The zero-order valence-electron chi connectivity index (χ0n) is 32.9. The highest BCUT2D eigenvalue weighted by Crippen LogP contribution is 2.48. The molecule has 13 unspecified atom stereocenters. The van der Waals surface area contributed by atoms with Gasteiger partial charge in [-0.2, -0.15) is 0 Å². The Hall–Kier alpha value is -0.760.